The highest BCUT2D eigenvalue weighted by Gasteiger charge is 2.19. The molecule has 2 aromatic carbocycles. The van der Waals surface area contributed by atoms with Crippen LogP contribution in [0.3, 0.4) is 0 Å². The van der Waals surface area contributed by atoms with Crippen LogP contribution in [0.25, 0.3) is 22.0 Å². The van der Waals surface area contributed by atoms with Crippen molar-refractivity contribution in [3.8, 4) is 11.3 Å². The number of aliphatic hydroxyl groups is 1. The lowest BCUT2D eigenvalue weighted by atomic mass is 10.0. The fourth-order valence-electron chi connectivity index (χ4n) is 2.96. The predicted octanol–water partition coefficient (Wildman–Crippen LogP) is 2.69. The molecule has 0 aliphatic carbocycles. The van der Waals surface area contributed by atoms with Crippen molar-refractivity contribution in [3.05, 3.63) is 62.9 Å². The van der Waals surface area contributed by atoms with E-state index in [-0.39, 0.29) is 23.9 Å². The zero-order chi connectivity index (χ0) is 19.6. The maximum atomic E-state index is 12.3. The number of aliphatic hydroxyl groups excluding tert-OH is 1. The first kappa shape index (κ1) is 18.5. The summed E-state index contributed by atoms with van der Waals surface area (Å²) in [5.74, 6) is 0. The molecular weight excluding hydrogens is 348 g/mol. The first-order valence-corrected chi connectivity index (χ1v) is 8.58. The highest BCUT2D eigenvalue weighted by Crippen LogP contribution is 2.32. The lowest BCUT2D eigenvalue weighted by Crippen LogP contribution is -2.23. The van der Waals surface area contributed by atoms with Gasteiger partial charge in [0, 0.05) is 30.1 Å². The topological polar surface area (TPSA) is 110 Å². The largest absolute Gasteiger partial charge is 0.394 e. The van der Waals surface area contributed by atoms with Gasteiger partial charge in [-0.2, -0.15) is 5.10 Å². The zero-order valence-corrected chi connectivity index (χ0v) is 15.0. The summed E-state index contributed by atoms with van der Waals surface area (Å²) in [4.78, 5) is 23.4. The lowest BCUT2D eigenvalue weighted by molar-refractivity contribution is -0.383. The maximum absolute atomic E-state index is 12.3. The van der Waals surface area contributed by atoms with E-state index in [1.807, 2.05) is 6.92 Å². The van der Waals surface area contributed by atoms with Gasteiger partial charge in [0.05, 0.1) is 22.6 Å². The number of nitrogens with one attached hydrogen (secondary N) is 1. The molecule has 1 atom stereocenters. The van der Waals surface area contributed by atoms with Gasteiger partial charge in [0.2, 0.25) is 0 Å². The molecule has 8 nitrogen and oxygen atoms in total. The molecule has 0 saturated heterocycles. The summed E-state index contributed by atoms with van der Waals surface area (Å²) in [5, 5.41) is 29.4. The van der Waals surface area contributed by atoms with Gasteiger partial charge in [-0.3, -0.25) is 14.9 Å². The fourth-order valence-corrected chi connectivity index (χ4v) is 2.96. The van der Waals surface area contributed by atoms with Gasteiger partial charge >= 0.3 is 0 Å². The Bertz CT molecular complexity index is 1060. The molecule has 8 heteroatoms. The maximum Gasteiger partial charge on any atom is 0.293 e. The molecule has 0 bridgehead atoms. The SMILES string of the molecule is CC[C@@H](CO)Nc1ccc(-c2nn(C)c(=O)c3ccccc23)cc1[N+](=O)[O-]. The molecular formula is C19H20N4O4. The Morgan fingerprint density at radius 3 is 2.59 bits per heavy atom. The van der Waals surface area contributed by atoms with Crippen molar-refractivity contribution in [2.45, 2.75) is 19.4 Å². The van der Waals surface area contributed by atoms with E-state index in [2.05, 4.69) is 10.4 Å². The molecule has 1 aromatic heterocycles. The molecule has 1 heterocycles. The number of rotatable bonds is 6. The Hall–Kier alpha value is -3.26. The summed E-state index contributed by atoms with van der Waals surface area (Å²) in [6.45, 7) is 1.76. The Kier molecular flexibility index (Phi) is 5.18. The summed E-state index contributed by atoms with van der Waals surface area (Å²) < 4.78 is 1.23. The Labute approximate surface area is 155 Å². The van der Waals surface area contributed by atoms with E-state index < -0.39 is 4.92 Å². The minimum absolute atomic E-state index is 0.112. The lowest BCUT2D eigenvalue weighted by Gasteiger charge is -2.16. The van der Waals surface area contributed by atoms with Gasteiger partial charge < -0.3 is 10.4 Å². The second-order valence-corrected chi connectivity index (χ2v) is 6.24. The highest BCUT2D eigenvalue weighted by atomic mass is 16.6. The average molecular weight is 368 g/mol. The number of nitrogens with zero attached hydrogens (tertiary/aromatic N) is 3. The minimum atomic E-state index is -0.472. The number of benzene rings is 2. The molecule has 2 N–H and O–H groups in total. The van der Waals surface area contributed by atoms with E-state index in [1.54, 1.807) is 43.4 Å². The summed E-state index contributed by atoms with van der Waals surface area (Å²) in [7, 11) is 1.55. The van der Waals surface area contributed by atoms with Crippen molar-refractivity contribution in [1.82, 2.24) is 9.78 Å². The van der Waals surface area contributed by atoms with Crippen LogP contribution in [0.1, 0.15) is 13.3 Å². The van der Waals surface area contributed by atoms with Crippen molar-refractivity contribution in [2.24, 2.45) is 7.05 Å². The molecule has 0 fully saturated rings. The first-order valence-electron chi connectivity index (χ1n) is 8.58. The van der Waals surface area contributed by atoms with Crippen LogP contribution in [0.5, 0.6) is 0 Å². The van der Waals surface area contributed by atoms with Crippen LogP contribution in [-0.4, -0.2) is 32.5 Å². The number of nitro groups is 1. The second-order valence-electron chi connectivity index (χ2n) is 6.24. The molecule has 0 saturated carbocycles. The Morgan fingerprint density at radius 1 is 1.26 bits per heavy atom. The molecule has 0 unspecified atom stereocenters. The third-order valence-corrected chi connectivity index (χ3v) is 4.50. The van der Waals surface area contributed by atoms with Gasteiger partial charge in [0.15, 0.2) is 0 Å². The van der Waals surface area contributed by atoms with Crippen molar-refractivity contribution in [2.75, 3.05) is 11.9 Å². The van der Waals surface area contributed by atoms with Gasteiger partial charge in [0.25, 0.3) is 11.2 Å². The van der Waals surface area contributed by atoms with E-state index in [4.69, 9.17) is 0 Å². The van der Waals surface area contributed by atoms with Gasteiger partial charge in [-0.25, -0.2) is 4.68 Å². The van der Waals surface area contributed by atoms with Crippen LogP contribution in [0.15, 0.2) is 47.3 Å². The number of nitro benzene ring substituents is 1. The summed E-state index contributed by atoms with van der Waals surface area (Å²) in [6, 6.07) is 11.5. The van der Waals surface area contributed by atoms with Crippen LogP contribution in [-0.2, 0) is 7.05 Å². The molecule has 0 amide bonds. The molecule has 3 aromatic rings. The summed E-state index contributed by atoms with van der Waals surface area (Å²) in [6.07, 6.45) is 0.627. The van der Waals surface area contributed by atoms with E-state index >= 15 is 0 Å². The second kappa shape index (κ2) is 7.55. The third kappa shape index (κ3) is 3.52. The number of anilines is 1. The van der Waals surface area contributed by atoms with Gasteiger partial charge in [-0.05, 0) is 18.6 Å². The molecule has 0 aliphatic rings. The zero-order valence-electron chi connectivity index (χ0n) is 15.0. The molecule has 0 spiro atoms. The number of hydrogen-bond donors (Lipinski definition) is 2. The quantitative estimate of drug-likeness (QED) is 0.511. The van der Waals surface area contributed by atoms with E-state index in [0.717, 1.165) is 0 Å². The monoisotopic (exact) mass is 368 g/mol. The standard InChI is InChI=1S/C19H20N4O4/c1-3-13(11-24)20-16-9-8-12(10-17(16)23(26)27)18-14-6-4-5-7-15(14)19(25)22(2)21-18/h4-10,13,20,24H,3,11H2,1-2H3/t13-/m0/s1. The van der Waals surface area contributed by atoms with E-state index in [9.17, 15) is 20.0 Å². The van der Waals surface area contributed by atoms with Crippen molar-refractivity contribution < 1.29 is 10.0 Å². The van der Waals surface area contributed by atoms with Crippen LogP contribution >= 0.6 is 0 Å². The Balaban J connectivity index is 2.18. The van der Waals surface area contributed by atoms with Crippen molar-refractivity contribution >= 4 is 22.1 Å². The minimum Gasteiger partial charge on any atom is -0.394 e. The van der Waals surface area contributed by atoms with Crippen molar-refractivity contribution in [1.29, 1.82) is 0 Å². The molecule has 140 valence electrons. The molecule has 3 rings (SSSR count). The van der Waals surface area contributed by atoms with E-state index in [0.29, 0.717) is 34.1 Å². The number of fused-ring (bicyclic) bond motifs is 1. The fraction of sp³-hybridized carbons (Fsp3) is 0.263. The van der Waals surface area contributed by atoms with Crippen LogP contribution < -0.4 is 10.9 Å². The van der Waals surface area contributed by atoms with Gasteiger partial charge in [-0.15, -0.1) is 0 Å². The number of aromatic nitrogens is 2. The van der Waals surface area contributed by atoms with Crippen LogP contribution in [0, 0.1) is 10.1 Å². The highest BCUT2D eigenvalue weighted by molar-refractivity contribution is 5.94. The normalized spacial score (nSPS) is 12.1. The summed E-state index contributed by atoms with van der Waals surface area (Å²) >= 11 is 0. The van der Waals surface area contributed by atoms with Crippen molar-refractivity contribution in [3.63, 3.8) is 0 Å². The molecule has 0 aliphatic heterocycles. The smallest absolute Gasteiger partial charge is 0.293 e. The third-order valence-electron chi connectivity index (χ3n) is 4.50. The molecule has 0 radical (unpaired) electrons. The number of aryl methyl sites for hydroxylation is 1. The van der Waals surface area contributed by atoms with Gasteiger partial charge in [-0.1, -0.05) is 31.2 Å². The van der Waals surface area contributed by atoms with Gasteiger partial charge in [0.1, 0.15) is 5.69 Å². The first-order chi connectivity index (χ1) is 13.0. The Morgan fingerprint density at radius 2 is 1.96 bits per heavy atom. The predicted molar refractivity (Wildman–Crippen MR) is 104 cm³/mol. The van der Waals surface area contributed by atoms with E-state index in [1.165, 1.54) is 10.7 Å². The number of hydrogen-bond acceptors (Lipinski definition) is 6. The van der Waals surface area contributed by atoms with Crippen LogP contribution in [0.2, 0.25) is 0 Å². The molecule has 27 heavy (non-hydrogen) atoms. The summed E-state index contributed by atoms with van der Waals surface area (Å²) in [5.41, 5.74) is 1.03. The van der Waals surface area contributed by atoms with Crippen LogP contribution in [0.4, 0.5) is 11.4 Å². The average Bonchev–Trinajstić information content (AvgIpc) is 2.69.